The number of aromatic amines is 1. The molecule has 0 aliphatic carbocycles. The Morgan fingerprint density at radius 2 is 1.84 bits per heavy atom. The van der Waals surface area contributed by atoms with Crippen molar-refractivity contribution in [1.29, 1.82) is 0 Å². The Hall–Kier alpha value is -3.60. The second kappa shape index (κ2) is 8.26. The first-order chi connectivity index (χ1) is 14.9. The van der Waals surface area contributed by atoms with Gasteiger partial charge in [0.05, 0.1) is 12.5 Å². The number of rotatable bonds is 7. The van der Waals surface area contributed by atoms with Gasteiger partial charge in [-0.25, -0.2) is 4.98 Å². The van der Waals surface area contributed by atoms with Crippen molar-refractivity contribution >= 4 is 16.9 Å². The lowest BCUT2D eigenvalue weighted by Crippen LogP contribution is -2.26. The number of ether oxygens (including phenoxy) is 1. The molecule has 1 atom stereocenters. The summed E-state index contributed by atoms with van der Waals surface area (Å²) >= 11 is 0. The van der Waals surface area contributed by atoms with Crippen LogP contribution in [0.2, 0.25) is 0 Å². The van der Waals surface area contributed by atoms with E-state index in [1.54, 1.807) is 21.0 Å². The third-order valence-corrected chi connectivity index (χ3v) is 5.71. The number of aliphatic carboxylic acids is 1. The summed E-state index contributed by atoms with van der Waals surface area (Å²) in [5.74, 6) is -0.245. The molecule has 0 spiro atoms. The number of nitrogens with one attached hydrogen (secondary N) is 1. The average molecular weight is 415 g/mol. The molecule has 158 valence electrons. The molecule has 0 radical (unpaired) electrons. The van der Waals surface area contributed by atoms with Gasteiger partial charge in [0.25, 0.3) is 0 Å². The molecule has 2 aromatic heterocycles. The van der Waals surface area contributed by atoms with E-state index in [1.165, 1.54) is 0 Å². The van der Waals surface area contributed by atoms with Gasteiger partial charge in [0.1, 0.15) is 0 Å². The zero-order chi connectivity index (χ0) is 22.0. The fraction of sp³-hybridized carbons (Fsp3) is 0.231. The first kappa shape index (κ1) is 20.7. The lowest BCUT2D eigenvalue weighted by Gasteiger charge is -2.20. The van der Waals surface area contributed by atoms with Crippen LogP contribution in [0.15, 0.2) is 72.9 Å². The van der Waals surface area contributed by atoms with Crippen LogP contribution >= 0.6 is 0 Å². The highest BCUT2D eigenvalue weighted by atomic mass is 16.5. The molecule has 0 saturated carbocycles. The van der Waals surface area contributed by atoms with Gasteiger partial charge in [-0.05, 0) is 42.7 Å². The molecule has 4 aromatic rings. The molecule has 2 N–H and O–H groups in total. The van der Waals surface area contributed by atoms with Crippen LogP contribution in [0.4, 0.5) is 0 Å². The molecule has 0 bridgehead atoms. The highest BCUT2D eigenvalue weighted by molar-refractivity contribution is 5.86. The Kier molecular flexibility index (Phi) is 5.51. The first-order valence-electron chi connectivity index (χ1n) is 10.3. The van der Waals surface area contributed by atoms with Gasteiger partial charge < -0.3 is 14.8 Å². The Balaban J connectivity index is 1.84. The van der Waals surface area contributed by atoms with E-state index in [4.69, 9.17) is 4.74 Å². The van der Waals surface area contributed by atoms with Crippen LogP contribution in [-0.2, 0) is 11.2 Å². The Bertz CT molecular complexity index is 1190. The summed E-state index contributed by atoms with van der Waals surface area (Å²) in [7, 11) is 1.61. The van der Waals surface area contributed by atoms with Crippen molar-refractivity contribution in [2.24, 2.45) is 5.41 Å². The lowest BCUT2D eigenvalue weighted by atomic mass is 9.84. The molecule has 5 nitrogen and oxygen atoms in total. The molecule has 0 aliphatic heterocycles. The zero-order valence-corrected chi connectivity index (χ0v) is 17.9. The maximum Gasteiger partial charge on any atom is 0.309 e. The topological polar surface area (TPSA) is 75.2 Å². The minimum atomic E-state index is -0.847. The Morgan fingerprint density at radius 3 is 2.48 bits per heavy atom. The fourth-order valence-corrected chi connectivity index (χ4v) is 4.02. The quantitative estimate of drug-likeness (QED) is 0.424. The smallest absolute Gasteiger partial charge is 0.309 e. The third kappa shape index (κ3) is 4.17. The number of methoxy groups -OCH3 is 1. The summed E-state index contributed by atoms with van der Waals surface area (Å²) in [5, 5.41) is 10.6. The number of fused-ring (bicyclic) bond motifs is 1. The van der Waals surface area contributed by atoms with Gasteiger partial charge in [-0.15, -0.1) is 0 Å². The van der Waals surface area contributed by atoms with Crippen molar-refractivity contribution in [1.82, 2.24) is 9.97 Å². The van der Waals surface area contributed by atoms with Crippen molar-refractivity contribution < 1.29 is 14.6 Å². The van der Waals surface area contributed by atoms with E-state index in [0.717, 1.165) is 33.3 Å². The van der Waals surface area contributed by atoms with Crippen LogP contribution < -0.4 is 4.74 Å². The number of carbonyl (C=O) groups is 1. The van der Waals surface area contributed by atoms with E-state index in [1.807, 2.05) is 48.7 Å². The average Bonchev–Trinajstić information content (AvgIpc) is 3.17. The summed E-state index contributed by atoms with van der Waals surface area (Å²) in [6.07, 6.45) is 2.28. The van der Waals surface area contributed by atoms with E-state index in [9.17, 15) is 9.90 Å². The number of hydrogen-bond donors (Lipinski definition) is 2. The Labute approximate surface area is 181 Å². The highest BCUT2D eigenvalue weighted by Crippen LogP contribution is 2.37. The SMILES string of the molecule is COc1ccc(C(c2ccccc2)c2cccc3[nH]c(CC(C)(C)C(=O)O)cc23)cn1. The van der Waals surface area contributed by atoms with Gasteiger partial charge in [0.15, 0.2) is 0 Å². The number of pyridine rings is 1. The van der Waals surface area contributed by atoms with Gasteiger partial charge >= 0.3 is 5.97 Å². The van der Waals surface area contributed by atoms with E-state index in [0.29, 0.717) is 12.3 Å². The van der Waals surface area contributed by atoms with Crippen LogP contribution in [-0.4, -0.2) is 28.2 Å². The summed E-state index contributed by atoms with van der Waals surface area (Å²) in [6, 6.07) is 22.5. The molecule has 1 unspecified atom stereocenters. The van der Waals surface area contributed by atoms with Gasteiger partial charge in [-0.2, -0.15) is 0 Å². The molecule has 0 amide bonds. The van der Waals surface area contributed by atoms with Gasteiger partial charge in [-0.1, -0.05) is 48.5 Å². The second-order valence-electron chi connectivity index (χ2n) is 8.45. The van der Waals surface area contributed by atoms with Crippen molar-refractivity contribution in [3.05, 3.63) is 95.3 Å². The van der Waals surface area contributed by atoms with Crippen LogP contribution in [0.5, 0.6) is 5.88 Å². The third-order valence-electron chi connectivity index (χ3n) is 5.71. The van der Waals surface area contributed by atoms with Crippen molar-refractivity contribution in [2.75, 3.05) is 7.11 Å². The summed E-state index contributed by atoms with van der Waals surface area (Å²) in [6.45, 7) is 3.50. The van der Waals surface area contributed by atoms with Crippen molar-refractivity contribution in [2.45, 2.75) is 26.2 Å². The molecular weight excluding hydrogens is 388 g/mol. The van der Waals surface area contributed by atoms with Crippen LogP contribution in [0.3, 0.4) is 0 Å². The zero-order valence-electron chi connectivity index (χ0n) is 17.9. The molecule has 0 fully saturated rings. The standard InChI is InChI=1S/C26H26N2O3/c1-26(2,25(29)30)15-19-14-21-20(10-7-11-22(21)28-19)24(17-8-5-4-6-9-17)18-12-13-23(31-3)27-16-18/h4-14,16,24,28H,15H2,1-3H3,(H,29,30). The van der Waals surface area contributed by atoms with E-state index in [-0.39, 0.29) is 5.92 Å². The van der Waals surface area contributed by atoms with Crippen molar-refractivity contribution in [3.8, 4) is 5.88 Å². The maximum atomic E-state index is 11.6. The predicted molar refractivity (Wildman–Crippen MR) is 122 cm³/mol. The summed E-state index contributed by atoms with van der Waals surface area (Å²) in [5.41, 5.74) is 4.43. The molecule has 31 heavy (non-hydrogen) atoms. The summed E-state index contributed by atoms with van der Waals surface area (Å²) < 4.78 is 5.24. The number of aromatic nitrogens is 2. The second-order valence-corrected chi connectivity index (χ2v) is 8.45. The van der Waals surface area contributed by atoms with E-state index >= 15 is 0 Å². The molecule has 2 heterocycles. The number of benzene rings is 2. The molecule has 5 heteroatoms. The fourth-order valence-electron chi connectivity index (χ4n) is 4.02. The van der Waals surface area contributed by atoms with Gasteiger partial charge in [0, 0.05) is 41.2 Å². The minimum Gasteiger partial charge on any atom is -0.481 e. The van der Waals surface area contributed by atoms with Crippen LogP contribution in [0.1, 0.15) is 42.1 Å². The van der Waals surface area contributed by atoms with Crippen LogP contribution in [0.25, 0.3) is 10.9 Å². The van der Waals surface area contributed by atoms with Gasteiger partial charge in [-0.3, -0.25) is 4.79 Å². The first-order valence-corrected chi connectivity index (χ1v) is 10.3. The predicted octanol–water partition coefficient (Wildman–Crippen LogP) is 5.41. The number of nitrogens with zero attached hydrogens (tertiary/aromatic N) is 1. The summed E-state index contributed by atoms with van der Waals surface area (Å²) in [4.78, 5) is 19.5. The maximum absolute atomic E-state index is 11.6. The minimum absolute atomic E-state index is 0.0144. The molecule has 0 aliphatic rings. The van der Waals surface area contributed by atoms with Crippen LogP contribution in [0, 0.1) is 5.41 Å². The van der Waals surface area contributed by atoms with E-state index in [2.05, 4.69) is 34.2 Å². The normalized spacial score (nSPS) is 12.6. The monoisotopic (exact) mass is 414 g/mol. The molecule has 0 saturated heterocycles. The van der Waals surface area contributed by atoms with E-state index < -0.39 is 11.4 Å². The Morgan fingerprint density at radius 1 is 1.06 bits per heavy atom. The number of carboxylic acid groups (broad SMARTS) is 1. The highest BCUT2D eigenvalue weighted by Gasteiger charge is 2.28. The number of carboxylic acids is 1. The largest absolute Gasteiger partial charge is 0.481 e. The number of H-pyrrole nitrogens is 1. The lowest BCUT2D eigenvalue weighted by molar-refractivity contribution is -0.146. The molecular formula is C26H26N2O3. The van der Waals surface area contributed by atoms with Crippen molar-refractivity contribution in [3.63, 3.8) is 0 Å². The molecule has 2 aromatic carbocycles. The molecule has 4 rings (SSSR count). The van der Waals surface area contributed by atoms with Gasteiger partial charge in [0.2, 0.25) is 5.88 Å². The number of hydrogen-bond acceptors (Lipinski definition) is 3.